The molecule has 0 fully saturated rings. The third kappa shape index (κ3) is 5.66. The van der Waals surface area contributed by atoms with E-state index in [9.17, 15) is 0 Å². The van der Waals surface area contributed by atoms with E-state index in [2.05, 4.69) is 0 Å². The van der Waals surface area contributed by atoms with Crippen LogP contribution in [0.4, 0.5) is 0 Å². The largest absolute Gasteiger partial charge is 0.368 e. The fraction of sp³-hybridized carbons (Fsp3) is 0.667. The molecule has 0 radical (unpaired) electrons. The predicted octanol–water partition coefficient (Wildman–Crippen LogP) is 0.917. The van der Waals surface area contributed by atoms with Crippen molar-refractivity contribution in [3.8, 4) is 0 Å². The van der Waals surface area contributed by atoms with Crippen LogP contribution in [0, 0.1) is 0 Å². The molecule has 0 bridgehead atoms. The van der Waals surface area contributed by atoms with Gasteiger partial charge >= 0.3 is 0 Å². The zero-order chi connectivity index (χ0) is 6.41. The minimum Gasteiger partial charge on any atom is -0.368 e. The minimum atomic E-state index is -0.647. The zero-order valence-corrected chi connectivity index (χ0v) is 5.29. The Morgan fingerprint density at radius 3 is 2.75 bits per heavy atom. The van der Waals surface area contributed by atoms with Gasteiger partial charge in [-0.15, -0.1) is 0 Å². The first-order valence-electron chi connectivity index (χ1n) is 2.68. The fourth-order valence-corrected chi connectivity index (χ4v) is 0.291. The summed E-state index contributed by atoms with van der Waals surface area (Å²) in [5.41, 5.74) is 0. The normalized spacial score (nSPS) is 14.9. The maximum Gasteiger partial charge on any atom is 0.152 e. The van der Waals surface area contributed by atoms with E-state index in [1.54, 1.807) is 6.92 Å². The summed E-state index contributed by atoms with van der Waals surface area (Å²) < 4.78 is 4.75. The standard InChI is InChI=1S/C6H12O2/c1-3-4-5-8-6(2)7/h3-4,6-7H,5H2,1-2H3/b4-3+. The van der Waals surface area contributed by atoms with Gasteiger partial charge in [-0.3, -0.25) is 0 Å². The Bertz CT molecular complexity index is 66.9. The molecule has 1 N–H and O–H groups in total. The van der Waals surface area contributed by atoms with Crippen LogP contribution < -0.4 is 0 Å². The highest BCUT2D eigenvalue weighted by Gasteiger charge is 1.87. The van der Waals surface area contributed by atoms with Gasteiger partial charge in [0.2, 0.25) is 0 Å². The Hall–Kier alpha value is -0.340. The van der Waals surface area contributed by atoms with Gasteiger partial charge < -0.3 is 9.84 Å². The van der Waals surface area contributed by atoms with Gasteiger partial charge in [-0.05, 0) is 13.8 Å². The van der Waals surface area contributed by atoms with Gasteiger partial charge in [0, 0.05) is 0 Å². The summed E-state index contributed by atoms with van der Waals surface area (Å²) in [6.45, 7) is 3.99. The van der Waals surface area contributed by atoms with Crippen LogP contribution in [0.3, 0.4) is 0 Å². The van der Waals surface area contributed by atoms with Crippen LogP contribution in [0.5, 0.6) is 0 Å². The van der Waals surface area contributed by atoms with E-state index in [0.29, 0.717) is 6.61 Å². The topological polar surface area (TPSA) is 29.5 Å². The van der Waals surface area contributed by atoms with E-state index in [1.807, 2.05) is 19.1 Å². The molecule has 48 valence electrons. The van der Waals surface area contributed by atoms with Gasteiger partial charge in [0.05, 0.1) is 6.61 Å². The number of rotatable bonds is 3. The van der Waals surface area contributed by atoms with E-state index < -0.39 is 6.29 Å². The summed E-state index contributed by atoms with van der Waals surface area (Å²) in [7, 11) is 0. The molecule has 0 amide bonds. The lowest BCUT2D eigenvalue weighted by Crippen LogP contribution is -2.05. The lowest BCUT2D eigenvalue weighted by molar-refractivity contribution is -0.0740. The van der Waals surface area contributed by atoms with Crippen molar-refractivity contribution < 1.29 is 9.84 Å². The first-order valence-corrected chi connectivity index (χ1v) is 2.68. The molecule has 2 nitrogen and oxygen atoms in total. The summed E-state index contributed by atoms with van der Waals surface area (Å²) in [4.78, 5) is 0. The lowest BCUT2D eigenvalue weighted by Gasteiger charge is -2.00. The van der Waals surface area contributed by atoms with Gasteiger partial charge in [0.1, 0.15) is 0 Å². The Morgan fingerprint density at radius 1 is 1.75 bits per heavy atom. The van der Waals surface area contributed by atoms with Crippen molar-refractivity contribution >= 4 is 0 Å². The zero-order valence-electron chi connectivity index (χ0n) is 5.29. The van der Waals surface area contributed by atoms with Crippen LogP contribution in [-0.4, -0.2) is 18.0 Å². The van der Waals surface area contributed by atoms with Gasteiger partial charge in [-0.2, -0.15) is 0 Å². The van der Waals surface area contributed by atoms with Crippen molar-refractivity contribution in [2.24, 2.45) is 0 Å². The molecular weight excluding hydrogens is 104 g/mol. The third-order valence-electron chi connectivity index (χ3n) is 0.669. The summed E-state index contributed by atoms with van der Waals surface area (Å²) >= 11 is 0. The van der Waals surface area contributed by atoms with Crippen LogP contribution in [-0.2, 0) is 4.74 Å². The number of aliphatic hydroxyl groups is 1. The van der Waals surface area contributed by atoms with E-state index in [1.165, 1.54) is 0 Å². The second kappa shape index (κ2) is 4.81. The van der Waals surface area contributed by atoms with Crippen molar-refractivity contribution in [3.05, 3.63) is 12.2 Å². The smallest absolute Gasteiger partial charge is 0.152 e. The number of hydrogen-bond donors (Lipinski definition) is 1. The van der Waals surface area contributed by atoms with Gasteiger partial charge in [-0.1, -0.05) is 12.2 Å². The van der Waals surface area contributed by atoms with Crippen LogP contribution in [0.15, 0.2) is 12.2 Å². The number of allylic oxidation sites excluding steroid dienone is 1. The average molecular weight is 116 g/mol. The molecule has 2 heteroatoms. The predicted molar refractivity (Wildman–Crippen MR) is 32.4 cm³/mol. The van der Waals surface area contributed by atoms with E-state index in [-0.39, 0.29) is 0 Å². The molecule has 0 aliphatic rings. The molecule has 0 aliphatic carbocycles. The molecule has 1 atom stereocenters. The van der Waals surface area contributed by atoms with Crippen molar-refractivity contribution in [3.63, 3.8) is 0 Å². The Kier molecular flexibility index (Phi) is 4.61. The molecule has 0 saturated heterocycles. The molecule has 0 rings (SSSR count). The Morgan fingerprint density at radius 2 is 2.38 bits per heavy atom. The molecule has 1 unspecified atom stereocenters. The van der Waals surface area contributed by atoms with Gasteiger partial charge in [-0.25, -0.2) is 0 Å². The second-order valence-corrected chi connectivity index (χ2v) is 1.50. The van der Waals surface area contributed by atoms with Crippen molar-refractivity contribution in [1.82, 2.24) is 0 Å². The number of aliphatic hydroxyl groups excluding tert-OH is 1. The number of ether oxygens (including phenoxy) is 1. The fourth-order valence-electron chi connectivity index (χ4n) is 0.291. The first-order chi connectivity index (χ1) is 3.77. The summed E-state index contributed by atoms with van der Waals surface area (Å²) in [5.74, 6) is 0. The van der Waals surface area contributed by atoms with Crippen LogP contribution in [0.25, 0.3) is 0 Å². The quantitative estimate of drug-likeness (QED) is 0.439. The van der Waals surface area contributed by atoms with Crippen molar-refractivity contribution in [2.75, 3.05) is 6.61 Å². The summed E-state index contributed by atoms with van der Waals surface area (Å²) in [6, 6.07) is 0. The van der Waals surface area contributed by atoms with E-state index in [4.69, 9.17) is 9.84 Å². The molecule has 0 heterocycles. The van der Waals surface area contributed by atoms with E-state index >= 15 is 0 Å². The van der Waals surface area contributed by atoms with Crippen molar-refractivity contribution in [1.29, 1.82) is 0 Å². The summed E-state index contributed by atoms with van der Waals surface area (Å²) in [5, 5.41) is 8.52. The van der Waals surface area contributed by atoms with E-state index in [0.717, 1.165) is 0 Å². The van der Waals surface area contributed by atoms with Crippen LogP contribution in [0.2, 0.25) is 0 Å². The lowest BCUT2D eigenvalue weighted by atomic mass is 10.5. The Balaban J connectivity index is 2.93. The molecular formula is C6H12O2. The Labute approximate surface area is 49.8 Å². The van der Waals surface area contributed by atoms with Crippen LogP contribution >= 0.6 is 0 Å². The molecule has 0 spiro atoms. The highest BCUT2D eigenvalue weighted by atomic mass is 16.6. The maximum atomic E-state index is 8.52. The van der Waals surface area contributed by atoms with Crippen molar-refractivity contribution in [2.45, 2.75) is 20.1 Å². The molecule has 0 aliphatic heterocycles. The molecule has 8 heavy (non-hydrogen) atoms. The maximum absolute atomic E-state index is 8.52. The SMILES string of the molecule is C/C=C/COC(C)O. The average Bonchev–Trinajstić information content (AvgIpc) is 1.66. The molecule has 0 saturated carbocycles. The molecule has 0 aromatic carbocycles. The highest BCUT2D eigenvalue weighted by Crippen LogP contribution is 1.82. The third-order valence-corrected chi connectivity index (χ3v) is 0.669. The summed E-state index contributed by atoms with van der Waals surface area (Å²) in [6.07, 6.45) is 3.07. The molecule has 0 aromatic rings. The monoisotopic (exact) mass is 116 g/mol. The second-order valence-electron chi connectivity index (χ2n) is 1.50. The van der Waals surface area contributed by atoms with Gasteiger partial charge in [0.15, 0.2) is 6.29 Å². The van der Waals surface area contributed by atoms with Crippen LogP contribution in [0.1, 0.15) is 13.8 Å². The number of hydrogen-bond acceptors (Lipinski definition) is 2. The minimum absolute atomic E-state index is 0.494. The highest BCUT2D eigenvalue weighted by molar-refractivity contribution is 4.75. The first kappa shape index (κ1) is 7.66. The van der Waals surface area contributed by atoms with Gasteiger partial charge in [0.25, 0.3) is 0 Å². The molecule has 0 aromatic heterocycles.